The molecule has 0 amide bonds. The first-order valence-electron chi connectivity index (χ1n) is 39.1. The van der Waals surface area contributed by atoms with Gasteiger partial charge in [-0.1, -0.05) is 343 Å². The van der Waals surface area contributed by atoms with Crippen molar-refractivity contribution in [3.63, 3.8) is 0 Å². The van der Waals surface area contributed by atoms with Crippen molar-refractivity contribution in [3.05, 3.63) is 0 Å². The Morgan fingerprint density at radius 2 is 0.489 bits per heavy atom. The standard InChI is InChI=1S/C75H146O17P2/c1-6-9-12-15-18-21-22-23-24-25-26-27-28-29-30-31-36-41-46-51-56-61-75(80)92-71(65-86-73(78)59-54-49-44-40-35-33-32-34-39-42-47-52-57-68(4)5)67-90-94(83,84)88-63-69(76)62-87-93(81,82)89-66-70(91-74(79)60-55-50-45-38-20-17-14-11-8-3)64-85-72(77)58-53-48-43-37-19-16-13-10-7-2/h68-71,76H,6-67H2,1-5H3,(H,81,82)(H,83,84)/t69-,70+,71+/m0/s1. The van der Waals surface area contributed by atoms with Gasteiger partial charge < -0.3 is 33.8 Å². The van der Waals surface area contributed by atoms with Crippen molar-refractivity contribution in [2.75, 3.05) is 39.6 Å². The van der Waals surface area contributed by atoms with E-state index in [0.717, 1.165) is 95.8 Å². The van der Waals surface area contributed by atoms with Crippen LogP contribution in [-0.2, 0) is 65.4 Å². The number of ether oxygens (including phenoxy) is 4. The van der Waals surface area contributed by atoms with Gasteiger partial charge in [-0.05, 0) is 31.6 Å². The number of hydrogen-bond donors (Lipinski definition) is 3. The lowest BCUT2D eigenvalue weighted by Gasteiger charge is -2.21. The second-order valence-corrected chi connectivity index (χ2v) is 30.4. The van der Waals surface area contributed by atoms with Crippen LogP contribution in [0.3, 0.4) is 0 Å². The predicted octanol–water partition coefficient (Wildman–Crippen LogP) is 22.1. The van der Waals surface area contributed by atoms with Gasteiger partial charge >= 0.3 is 39.5 Å². The van der Waals surface area contributed by atoms with E-state index in [-0.39, 0.29) is 25.7 Å². The molecule has 0 heterocycles. The van der Waals surface area contributed by atoms with Gasteiger partial charge in [-0.25, -0.2) is 9.13 Å². The number of carbonyl (C=O) groups excluding carboxylic acids is 4. The number of aliphatic hydroxyl groups excluding tert-OH is 1. The summed E-state index contributed by atoms with van der Waals surface area (Å²) in [7, 11) is -9.90. The highest BCUT2D eigenvalue weighted by Crippen LogP contribution is 2.45. The summed E-state index contributed by atoms with van der Waals surface area (Å²) in [5.41, 5.74) is 0. The van der Waals surface area contributed by atoms with E-state index in [4.69, 9.17) is 37.0 Å². The molecule has 0 aromatic carbocycles. The fourth-order valence-electron chi connectivity index (χ4n) is 11.5. The quantitative estimate of drug-likeness (QED) is 0.0222. The largest absolute Gasteiger partial charge is 0.472 e. The normalized spacial score (nSPS) is 14.0. The van der Waals surface area contributed by atoms with Crippen molar-refractivity contribution in [2.45, 2.75) is 412 Å². The first kappa shape index (κ1) is 92.1. The summed E-state index contributed by atoms with van der Waals surface area (Å²) >= 11 is 0. The smallest absolute Gasteiger partial charge is 0.462 e. The van der Waals surface area contributed by atoms with Crippen LogP contribution in [0.15, 0.2) is 0 Å². The molecule has 19 heteroatoms. The minimum Gasteiger partial charge on any atom is -0.462 e. The number of esters is 4. The highest BCUT2D eigenvalue weighted by Gasteiger charge is 2.30. The first-order valence-corrected chi connectivity index (χ1v) is 42.1. The third-order valence-electron chi connectivity index (χ3n) is 17.5. The van der Waals surface area contributed by atoms with E-state index in [1.165, 1.54) is 218 Å². The van der Waals surface area contributed by atoms with Crippen molar-refractivity contribution in [2.24, 2.45) is 5.92 Å². The fraction of sp³-hybridized carbons (Fsp3) is 0.947. The number of phosphoric ester groups is 2. The molecule has 0 aromatic heterocycles. The summed E-state index contributed by atoms with van der Waals surface area (Å²) in [5, 5.41) is 10.6. The molecule has 0 bridgehead atoms. The molecule has 5 atom stereocenters. The summed E-state index contributed by atoms with van der Waals surface area (Å²) in [6.07, 6.45) is 57.0. The van der Waals surface area contributed by atoms with Gasteiger partial charge in [0, 0.05) is 25.7 Å². The molecule has 0 aliphatic heterocycles. The summed E-state index contributed by atoms with van der Waals surface area (Å²) in [5.74, 6) is -1.34. The highest BCUT2D eigenvalue weighted by atomic mass is 31.2. The highest BCUT2D eigenvalue weighted by molar-refractivity contribution is 7.47. The molecular weight excluding hydrogens is 1230 g/mol. The molecule has 17 nitrogen and oxygen atoms in total. The molecule has 0 fully saturated rings. The van der Waals surface area contributed by atoms with Crippen molar-refractivity contribution < 1.29 is 80.2 Å². The number of rotatable bonds is 75. The summed E-state index contributed by atoms with van der Waals surface area (Å²) in [4.78, 5) is 72.6. The van der Waals surface area contributed by atoms with Crippen LogP contribution in [0.5, 0.6) is 0 Å². The third kappa shape index (κ3) is 68.6. The molecule has 0 aliphatic carbocycles. The molecule has 2 unspecified atom stereocenters. The predicted molar refractivity (Wildman–Crippen MR) is 382 cm³/mol. The van der Waals surface area contributed by atoms with Crippen molar-refractivity contribution in [1.82, 2.24) is 0 Å². The maximum Gasteiger partial charge on any atom is 0.472 e. The van der Waals surface area contributed by atoms with E-state index < -0.39 is 97.5 Å². The van der Waals surface area contributed by atoms with Gasteiger partial charge in [0.1, 0.15) is 19.3 Å². The van der Waals surface area contributed by atoms with E-state index >= 15 is 0 Å². The average Bonchev–Trinajstić information content (AvgIpc) is 2.47. The average molecular weight is 1380 g/mol. The number of unbranched alkanes of at least 4 members (excludes halogenated alkanes) is 47. The monoisotopic (exact) mass is 1380 g/mol. The Morgan fingerprint density at radius 3 is 0.723 bits per heavy atom. The summed E-state index contributed by atoms with van der Waals surface area (Å²) < 4.78 is 68.4. The fourth-order valence-corrected chi connectivity index (χ4v) is 13.1. The zero-order valence-corrected chi connectivity index (χ0v) is 62.9. The van der Waals surface area contributed by atoms with E-state index in [0.29, 0.717) is 25.7 Å². The van der Waals surface area contributed by atoms with E-state index in [1.807, 2.05) is 0 Å². The van der Waals surface area contributed by atoms with Crippen molar-refractivity contribution >= 4 is 39.5 Å². The molecule has 0 saturated carbocycles. The molecule has 558 valence electrons. The van der Waals surface area contributed by atoms with Crippen LogP contribution in [0.25, 0.3) is 0 Å². The molecule has 0 spiro atoms. The van der Waals surface area contributed by atoms with E-state index in [9.17, 15) is 43.2 Å². The topological polar surface area (TPSA) is 237 Å². The van der Waals surface area contributed by atoms with Gasteiger partial charge in [-0.2, -0.15) is 0 Å². The lowest BCUT2D eigenvalue weighted by atomic mass is 10.0. The maximum absolute atomic E-state index is 13.1. The molecule has 0 aromatic rings. The SMILES string of the molecule is CCCCCCCCCCCCCCCCCCCCCCCC(=O)O[C@H](COC(=O)CCCCCCCCCCCCCCC(C)C)COP(=O)(O)OC[C@@H](O)COP(=O)(O)OC[C@@H](COC(=O)CCCCCCCCCCC)OC(=O)CCCCCCCCCCC. The van der Waals surface area contributed by atoms with Gasteiger partial charge in [0.25, 0.3) is 0 Å². The first-order chi connectivity index (χ1) is 45.5. The summed E-state index contributed by atoms with van der Waals surface area (Å²) in [6, 6.07) is 0. The van der Waals surface area contributed by atoms with Crippen LogP contribution in [0.4, 0.5) is 0 Å². The summed E-state index contributed by atoms with van der Waals surface area (Å²) in [6.45, 7) is 7.26. The van der Waals surface area contributed by atoms with E-state index in [1.54, 1.807) is 0 Å². The molecule has 94 heavy (non-hydrogen) atoms. The second-order valence-electron chi connectivity index (χ2n) is 27.5. The van der Waals surface area contributed by atoms with Crippen LogP contribution in [-0.4, -0.2) is 96.7 Å². The molecule has 0 saturated heterocycles. The van der Waals surface area contributed by atoms with Crippen molar-refractivity contribution in [1.29, 1.82) is 0 Å². The number of hydrogen-bond acceptors (Lipinski definition) is 15. The lowest BCUT2D eigenvalue weighted by Crippen LogP contribution is -2.30. The van der Waals surface area contributed by atoms with Crippen LogP contribution in [0.1, 0.15) is 394 Å². The van der Waals surface area contributed by atoms with Crippen LogP contribution < -0.4 is 0 Å². The van der Waals surface area contributed by atoms with E-state index in [2.05, 4.69) is 34.6 Å². The maximum atomic E-state index is 13.1. The number of aliphatic hydroxyl groups is 1. The number of carbonyl (C=O) groups is 4. The van der Waals surface area contributed by atoms with Gasteiger partial charge in [-0.3, -0.25) is 37.3 Å². The van der Waals surface area contributed by atoms with Gasteiger partial charge in [0.2, 0.25) is 0 Å². The van der Waals surface area contributed by atoms with Crippen LogP contribution in [0, 0.1) is 5.92 Å². The van der Waals surface area contributed by atoms with Crippen LogP contribution in [0.2, 0.25) is 0 Å². The zero-order chi connectivity index (χ0) is 69.1. The van der Waals surface area contributed by atoms with Crippen molar-refractivity contribution in [3.8, 4) is 0 Å². The third-order valence-corrected chi connectivity index (χ3v) is 19.4. The Morgan fingerprint density at radius 1 is 0.287 bits per heavy atom. The Kier molecular flexibility index (Phi) is 66.8. The van der Waals surface area contributed by atoms with Gasteiger partial charge in [0.05, 0.1) is 26.4 Å². The number of phosphoric acid groups is 2. The molecule has 0 radical (unpaired) electrons. The molecule has 3 N–H and O–H groups in total. The van der Waals surface area contributed by atoms with Crippen LogP contribution >= 0.6 is 15.6 Å². The Hall–Kier alpha value is -1.94. The molecule has 0 rings (SSSR count). The molecule has 0 aliphatic rings. The van der Waals surface area contributed by atoms with Gasteiger partial charge in [0.15, 0.2) is 12.2 Å². The zero-order valence-electron chi connectivity index (χ0n) is 61.1. The minimum atomic E-state index is -4.95. The second kappa shape index (κ2) is 68.2. The van der Waals surface area contributed by atoms with Gasteiger partial charge in [-0.15, -0.1) is 0 Å². The Bertz CT molecular complexity index is 1810. The Balaban J connectivity index is 5.16. The lowest BCUT2D eigenvalue weighted by molar-refractivity contribution is -0.161. The Labute approximate surface area is 575 Å². The minimum absolute atomic E-state index is 0.106. The molecular formula is C75H146O17P2.